The van der Waals surface area contributed by atoms with Crippen molar-refractivity contribution >= 4 is 27.8 Å². The highest BCUT2D eigenvalue weighted by Gasteiger charge is 2.14. The van der Waals surface area contributed by atoms with Crippen molar-refractivity contribution in [2.45, 2.75) is 6.54 Å². The van der Waals surface area contributed by atoms with E-state index in [0.717, 1.165) is 10.8 Å². The van der Waals surface area contributed by atoms with Gasteiger partial charge in [0, 0.05) is 11.5 Å². The summed E-state index contributed by atoms with van der Waals surface area (Å²) in [5, 5.41) is 14.9. The summed E-state index contributed by atoms with van der Waals surface area (Å²) in [6.07, 6.45) is 0. The molecule has 2 aromatic heterocycles. The van der Waals surface area contributed by atoms with E-state index in [1.54, 1.807) is 25.0 Å². The van der Waals surface area contributed by atoms with Crippen LogP contribution in [0.25, 0.3) is 21.9 Å². The molecule has 0 amide bonds. The van der Waals surface area contributed by atoms with E-state index < -0.39 is 0 Å². The van der Waals surface area contributed by atoms with Gasteiger partial charge in [0.15, 0.2) is 11.5 Å². The molecule has 0 saturated carbocycles. The lowest BCUT2D eigenvalue weighted by molar-refractivity contribution is 0.271. The molecule has 0 aliphatic rings. The average Bonchev–Trinajstić information content (AvgIpc) is 2.80. The number of nitrogens with two attached hydrogens (primary N) is 1. The molecule has 0 saturated heterocycles. The van der Waals surface area contributed by atoms with Gasteiger partial charge >= 0.3 is 0 Å². The summed E-state index contributed by atoms with van der Waals surface area (Å²) in [4.78, 5) is 4.59. The molecule has 7 nitrogen and oxygen atoms in total. The zero-order valence-electron chi connectivity index (χ0n) is 11.8. The van der Waals surface area contributed by atoms with Crippen LogP contribution in [0.15, 0.2) is 18.2 Å². The summed E-state index contributed by atoms with van der Waals surface area (Å²) in [6, 6.07) is 5.54. The Morgan fingerprint density at radius 2 is 2.05 bits per heavy atom. The number of fused-ring (bicyclic) bond motifs is 2. The largest absolute Gasteiger partial charge is 0.497 e. The fraction of sp³-hybridized carbons (Fsp3) is 0.286. The van der Waals surface area contributed by atoms with Gasteiger partial charge in [-0.15, -0.1) is 0 Å². The maximum Gasteiger partial charge on any atom is 0.160 e. The van der Waals surface area contributed by atoms with Gasteiger partial charge in [0.2, 0.25) is 0 Å². The molecule has 21 heavy (non-hydrogen) atoms. The second kappa shape index (κ2) is 5.10. The summed E-state index contributed by atoms with van der Waals surface area (Å²) in [5.41, 5.74) is 7.25. The third kappa shape index (κ3) is 2.11. The molecule has 0 aliphatic carbocycles. The Bertz CT molecular complexity index is 813. The third-order valence-corrected chi connectivity index (χ3v) is 3.35. The van der Waals surface area contributed by atoms with E-state index in [9.17, 15) is 0 Å². The monoisotopic (exact) mass is 288 g/mol. The average molecular weight is 288 g/mol. The van der Waals surface area contributed by atoms with Crippen LogP contribution in [0.2, 0.25) is 0 Å². The number of methoxy groups -OCH3 is 2. The van der Waals surface area contributed by atoms with Crippen LogP contribution in [-0.2, 0) is 6.54 Å². The molecule has 0 bridgehead atoms. The molecule has 7 heteroatoms. The van der Waals surface area contributed by atoms with Crippen LogP contribution >= 0.6 is 0 Å². The number of aromatic nitrogens is 3. The van der Waals surface area contributed by atoms with Crippen LogP contribution in [-0.4, -0.2) is 40.7 Å². The van der Waals surface area contributed by atoms with Gasteiger partial charge in [0.25, 0.3) is 0 Å². The number of anilines is 1. The standard InChI is InChI=1S/C14H16N4O3/c1-20-9-5-8-6-10-13(15)17-18(3-4-19)14(10)16-12(8)11(7-9)21-2/h5-7,19H,3-4H2,1-2H3,(H2,15,17). The maximum atomic E-state index is 9.10. The van der Waals surface area contributed by atoms with Crippen molar-refractivity contribution in [1.29, 1.82) is 0 Å². The Hall–Kier alpha value is -2.54. The number of benzene rings is 1. The van der Waals surface area contributed by atoms with Gasteiger partial charge in [-0.3, -0.25) is 0 Å². The first-order valence-corrected chi connectivity index (χ1v) is 6.47. The summed E-state index contributed by atoms with van der Waals surface area (Å²) < 4.78 is 12.2. The van der Waals surface area contributed by atoms with Crippen LogP contribution in [0.1, 0.15) is 0 Å². The molecule has 0 atom stereocenters. The van der Waals surface area contributed by atoms with E-state index in [1.807, 2.05) is 12.1 Å². The Balaban J connectivity index is 2.35. The third-order valence-electron chi connectivity index (χ3n) is 3.35. The first-order chi connectivity index (χ1) is 10.2. The predicted octanol–water partition coefficient (Wildman–Crippen LogP) is 1.18. The summed E-state index contributed by atoms with van der Waals surface area (Å²) in [7, 11) is 3.18. The number of aliphatic hydroxyl groups is 1. The van der Waals surface area contributed by atoms with Gasteiger partial charge in [-0.25, -0.2) is 9.67 Å². The quantitative estimate of drug-likeness (QED) is 0.748. The van der Waals surface area contributed by atoms with Gasteiger partial charge in [0.1, 0.15) is 17.0 Å². The first-order valence-electron chi connectivity index (χ1n) is 6.47. The van der Waals surface area contributed by atoms with Gasteiger partial charge in [-0.2, -0.15) is 5.10 Å². The molecule has 3 aromatic rings. The Kier molecular flexibility index (Phi) is 3.26. The van der Waals surface area contributed by atoms with Gasteiger partial charge < -0.3 is 20.3 Å². The van der Waals surface area contributed by atoms with Gasteiger partial charge in [0.05, 0.1) is 32.8 Å². The summed E-state index contributed by atoms with van der Waals surface area (Å²) in [6.45, 7) is 0.306. The van der Waals surface area contributed by atoms with Crippen LogP contribution in [0.3, 0.4) is 0 Å². The number of ether oxygens (including phenoxy) is 2. The fourth-order valence-corrected chi connectivity index (χ4v) is 2.36. The van der Waals surface area contributed by atoms with Gasteiger partial charge in [-0.1, -0.05) is 0 Å². The van der Waals surface area contributed by atoms with E-state index in [1.165, 1.54) is 0 Å². The highest BCUT2D eigenvalue weighted by molar-refractivity contribution is 5.99. The molecule has 0 fully saturated rings. The number of pyridine rings is 1. The summed E-state index contributed by atoms with van der Waals surface area (Å²) in [5.74, 6) is 1.68. The zero-order valence-corrected chi connectivity index (χ0v) is 11.8. The molecule has 2 heterocycles. The van der Waals surface area contributed by atoms with Crippen LogP contribution in [0, 0.1) is 0 Å². The van der Waals surface area contributed by atoms with E-state index in [-0.39, 0.29) is 6.61 Å². The zero-order chi connectivity index (χ0) is 15.0. The number of aliphatic hydroxyl groups excluding tert-OH is 1. The second-order valence-electron chi connectivity index (χ2n) is 4.59. The smallest absolute Gasteiger partial charge is 0.160 e. The Morgan fingerprint density at radius 3 is 2.71 bits per heavy atom. The molecule has 0 spiro atoms. The first kappa shape index (κ1) is 13.4. The fourth-order valence-electron chi connectivity index (χ4n) is 2.36. The molecule has 3 N–H and O–H groups in total. The molecule has 0 aliphatic heterocycles. The normalized spacial score (nSPS) is 11.2. The second-order valence-corrected chi connectivity index (χ2v) is 4.59. The van der Waals surface area contributed by atoms with E-state index in [4.69, 9.17) is 20.3 Å². The highest BCUT2D eigenvalue weighted by atomic mass is 16.5. The molecular weight excluding hydrogens is 272 g/mol. The van der Waals surface area contributed by atoms with E-state index >= 15 is 0 Å². The van der Waals surface area contributed by atoms with Crippen molar-refractivity contribution in [3.8, 4) is 11.5 Å². The highest BCUT2D eigenvalue weighted by Crippen LogP contribution is 2.33. The lowest BCUT2D eigenvalue weighted by Crippen LogP contribution is -2.05. The molecular formula is C14H16N4O3. The van der Waals surface area contributed by atoms with Crippen molar-refractivity contribution in [1.82, 2.24) is 14.8 Å². The number of rotatable bonds is 4. The van der Waals surface area contributed by atoms with Crippen molar-refractivity contribution in [3.05, 3.63) is 18.2 Å². The Labute approximate surface area is 120 Å². The minimum absolute atomic E-state index is 0.0321. The predicted molar refractivity (Wildman–Crippen MR) is 79.6 cm³/mol. The molecule has 3 rings (SSSR count). The summed E-state index contributed by atoms with van der Waals surface area (Å²) >= 11 is 0. The van der Waals surface area contributed by atoms with Crippen LogP contribution in [0.4, 0.5) is 5.82 Å². The van der Waals surface area contributed by atoms with Crippen molar-refractivity contribution in [2.24, 2.45) is 0 Å². The topological polar surface area (TPSA) is 95.4 Å². The minimum atomic E-state index is -0.0321. The number of hydrogen-bond donors (Lipinski definition) is 2. The maximum absolute atomic E-state index is 9.10. The molecule has 0 unspecified atom stereocenters. The van der Waals surface area contributed by atoms with Crippen LogP contribution in [0.5, 0.6) is 11.5 Å². The van der Waals surface area contributed by atoms with Gasteiger partial charge in [-0.05, 0) is 12.1 Å². The number of nitrogens with zero attached hydrogens (tertiary/aromatic N) is 3. The van der Waals surface area contributed by atoms with Crippen LogP contribution < -0.4 is 15.2 Å². The molecule has 0 radical (unpaired) electrons. The Morgan fingerprint density at radius 1 is 1.24 bits per heavy atom. The van der Waals surface area contributed by atoms with E-state index in [2.05, 4.69) is 10.1 Å². The van der Waals surface area contributed by atoms with E-state index in [0.29, 0.717) is 35.0 Å². The van der Waals surface area contributed by atoms with Crippen molar-refractivity contribution in [2.75, 3.05) is 26.6 Å². The van der Waals surface area contributed by atoms with Crippen molar-refractivity contribution < 1.29 is 14.6 Å². The lowest BCUT2D eigenvalue weighted by Gasteiger charge is -2.08. The molecule has 1 aromatic carbocycles. The minimum Gasteiger partial charge on any atom is -0.497 e. The number of hydrogen-bond acceptors (Lipinski definition) is 6. The van der Waals surface area contributed by atoms with Crippen molar-refractivity contribution in [3.63, 3.8) is 0 Å². The lowest BCUT2D eigenvalue weighted by atomic mass is 10.1. The number of nitrogen functional groups attached to an aromatic ring is 1. The SMILES string of the molecule is COc1cc(OC)c2nc3c(cc2c1)c(N)nn3CCO. The molecule has 110 valence electrons.